The van der Waals surface area contributed by atoms with Gasteiger partial charge in [-0.1, -0.05) is 36.4 Å². The highest BCUT2D eigenvalue weighted by Gasteiger charge is 2.26. The minimum Gasteiger partial charge on any atom is -0.480 e. The summed E-state index contributed by atoms with van der Waals surface area (Å²) >= 11 is 0. The van der Waals surface area contributed by atoms with Crippen LogP contribution >= 0.6 is 0 Å². The second-order valence-electron chi connectivity index (χ2n) is 7.45. The maximum absolute atomic E-state index is 13.1. The number of carbonyl (C=O) groups is 2. The van der Waals surface area contributed by atoms with Crippen molar-refractivity contribution in [2.24, 2.45) is 0 Å². The lowest BCUT2D eigenvalue weighted by Gasteiger charge is -2.35. The topological polar surface area (TPSA) is 73.3 Å². The van der Waals surface area contributed by atoms with Gasteiger partial charge in [0.25, 0.3) is 0 Å². The molecular weight excluding hydrogens is 370 g/mol. The van der Waals surface area contributed by atoms with Gasteiger partial charge in [-0.05, 0) is 25.4 Å². The minimum atomic E-state index is -0.857. The molecule has 156 valence electrons. The summed E-state index contributed by atoms with van der Waals surface area (Å²) in [6.45, 7) is 5.26. The first-order valence-electron chi connectivity index (χ1n) is 10.0. The molecule has 1 heterocycles. The molecule has 7 nitrogen and oxygen atoms in total. The lowest BCUT2D eigenvalue weighted by Crippen LogP contribution is -2.50. The quantitative estimate of drug-likeness (QED) is 0.731. The zero-order chi connectivity index (χ0) is 20.8. The average Bonchev–Trinajstić information content (AvgIpc) is 2.68. The van der Waals surface area contributed by atoms with Crippen molar-refractivity contribution in [1.29, 1.82) is 0 Å². The van der Waals surface area contributed by atoms with E-state index < -0.39 is 5.97 Å². The number of likely N-dealkylation sites (N-methyl/N-ethyl adjacent to an activating group) is 2. The SMILES string of the molecule is CCN(C(=O)CN1CCOC(CN(C)CC(=O)O)C1)c1cccc2ccccc12. The monoisotopic (exact) mass is 399 g/mol. The zero-order valence-corrected chi connectivity index (χ0v) is 17.1. The number of carboxylic acids is 1. The zero-order valence-electron chi connectivity index (χ0n) is 17.1. The van der Waals surface area contributed by atoms with E-state index in [2.05, 4.69) is 17.0 Å². The van der Waals surface area contributed by atoms with E-state index in [1.54, 1.807) is 11.9 Å². The lowest BCUT2D eigenvalue weighted by atomic mass is 10.1. The Morgan fingerprint density at radius 1 is 1.21 bits per heavy atom. The number of benzene rings is 2. The summed E-state index contributed by atoms with van der Waals surface area (Å²) in [5.74, 6) is -0.799. The van der Waals surface area contributed by atoms with Gasteiger partial charge >= 0.3 is 5.97 Å². The van der Waals surface area contributed by atoms with Crippen molar-refractivity contribution in [1.82, 2.24) is 9.80 Å². The fourth-order valence-corrected chi connectivity index (χ4v) is 3.88. The van der Waals surface area contributed by atoms with Crippen LogP contribution in [0.25, 0.3) is 10.8 Å². The molecule has 1 fully saturated rings. The number of morpholine rings is 1. The van der Waals surface area contributed by atoms with Crippen LogP contribution in [0.15, 0.2) is 42.5 Å². The van der Waals surface area contributed by atoms with Crippen LogP contribution in [0, 0.1) is 0 Å². The number of carbonyl (C=O) groups excluding carboxylic acids is 1. The van der Waals surface area contributed by atoms with E-state index >= 15 is 0 Å². The second-order valence-corrected chi connectivity index (χ2v) is 7.45. The molecule has 1 saturated heterocycles. The third-order valence-corrected chi connectivity index (χ3v) is 5.18. The number of anilines is 1. The fraction of sp³-hybridized carbons (Fsp3) is 0.455. The normalized spacial score (nSPS) is 17.6. The molecular formula is C22H29N3O4. The van der Waals surface area contributed by atoms with Crippen LogP contribution < -0.4 is 4.90 Å². The maximum Gasteiger partial charge on any atom is 0.317 e. The molecule has 0 bridgehead atoms. The number of fused-ring (bicyclic) bond motifs is 1. The predicted octanol–water partition coefficient (Wildman–Crippen LogP) is 1.91. The molecule has 1 N–H and O–H groups in total. The van der Waals surface area contributed by atoms with E-state index in [4.69, 9.17) is 9.84 Å². The third-order valence-electron chi connectivity index (χ3n) is 5.18. The van der Waals surface area contributed by atoms with Crippen LogP contribution in [0.2, 0.25) is 0 Å². The highest BCUT2D eigenvalue weighted by atomic mass is 16.5. The molecule has 0 saturated carbocycles. The molecule has 1 atom stereocenters. The van der Waals surface area contributed by atoms with E-state index in [9.17, 15) is 9.59 Å². The number of ether oxygens (including phenoxy) is 1. The molecule has 2 aromatic rings. The highest BCUT2D eigenvalue weighted by molar-refractivity contribution is 6.04. The lowest BCUT2D eigenvalue weighted by molar-refractivity contribution is -0.138. The Morgan fingerprint density at radius 3 is 2.72 bits per heavy atom. The van der Waals surface area contributed by atoms with Gasteiger partial charge in [0, 0.05) is 31.6 Å². The highest BCUT2D eigenvalue weighted by Crippen LogP contribution is 2.27. The Hall–Kier alpha value is -2.48. The minimum absolute atomic E-state index is 0.0243. The molecule has 29 heavy (non-hydrogen) atoms. The number of nitrogens with zero attached hydrogens (tertiary/aromatic N) is 3. The van der Waals surface area contributed by atoms with Crippen molar-refractivity contribution in [3.05, 3.63) is 42.5 Å². The first-order chi connectivity index (χ1) is 14.0. The number of hydrogen-bond acceptors (Lipinski definition) is 5. The van der Waals surface area contributed by atoms with Crippen LogP contribution in [0.5, 0.6) is 0 Å². The van der Waals surface area contributed by atoms with Crippen LogP contribution in [-0.4, -0.2) is 85.8 Å². The van der Waals surface area contributed by atoms with Crippen molar-refractivity contribution in [2.45, 2.75) is 13.0 Å². The van der Waals surface area contributed by atoms with Gasteiger partial charge in [-0.2, -0.15) is 0 Å². The molecule has 0 radical (unpaired) electrons. The van der Waals surface area contributed by atoms with Gasteiger partial charge in [0.15, 0.2) is 0 Å². The second kappa shape index (κ2) is 9.82. The molecule has 1 amide bonds. The molecule has 1 aliphatic rings. The standard InChI is InChI=1S/C22H29N3O4/c1-3-25(20-10-6-8-17-7-4-5-9-19(17)20)21(26)15-24-11-12-29-18(14-24)13-23(2)16-22(27)28/h4-10,18H,3,11-16H2,1-2H3,(H,27,28). The Labute approximate surface area is 171 Å². The van der Waals surface area contributed by atoms with Gasteiger partial charge in [-0.15, -0.1) is 0 Å². The number of rotatable bonds is 8. The van der Waals surface area contributed by atoms with E-state index in [1.807, 2.05) is 42.2 Å². The molecule has 0 aromatic heterocycles. The van der Waals surface area contributed by atoms with Crippen molar-refractivity contribution < 1.29 is 19.4 Å². The molecule has 0 spiro atoms. The largest absolute Gasteiger partial charge is 0.480 e. The van der Waals surface area contributed by atoms with Crippen LogP contribution in [0.3, 0.4) is 0 Å². The number of hydrogen-bond donors (Lipinski definition) is 1. The van der Waals surface area contributed by atoms with E-state index in [0.29, 0.717) is 39.3 Å². The first-order valence-corrected chi connectivity index (χ1v) is 10.0. The van der Waals surface area contributed by atoms with Crippen molar-refractivity contribution in [3.8, 4) is 0 Å². The maximum atomic E-state index is 13.1. The molecule has 2 aromatic carbocycles. The van der Waals surface area contributed by atoms with Crippen LogP contribution in [0.1, 0.15) is 6.92 Å². The van der Waals surface area contributed by atoms with Gasteiger partial charge in [0.05, 0.1) is 31.5 Å². The summed E-state index contributed by atoms with van der Waals surface area (Å²) in [6.07, 6.45) is -0.103. The number of aliphatic carboxylic acids is 1. The van der Waals surface area contributed by atoms with E-state index in [-0.39, 0.29) is 18.6 Å². The van der Waals surface area contributed by atoms with Gasteiger partial charge in [-0.3, -0.25) is 19.4 Å². The van der Waals surface area contributed by atoms with Crippen LogP contribution in [0.4, 0.5) is 5.69 Å². The summed E-state index contributed by atoms with van der Waals surface area (Å²) in [5.41, 5.74) is 0.932. The van der Waals surface area contributed by atoms with Gasteiger partial charge in [-0.25, -0.2) is 0 Å². The van der Waals surface area contributed by atoms with Gasteiger partial charge in [0.2, 0.25) is 5.91 Å². The van der Waals surface area contributed by atoms with E-state index in [0.717, 1.165) is 16.5 Å². The Bertz CT molecular complexity index is 852. The Kier molecular flexibility index (Phi) is 7.19. The molecule has 7 heteroatoms. The summed E-state index contributed by atoms with van der Waals surface area (Å²) < 4.78 is 5.77. The summed E-state index contributed by atoms with van der Waals surface area (Å²) in [5, 5.41) is 11.1. The summed E-state index contributed by atoms with van der Waals surface area (Å²) in [4.78, 5) is 29.6. The summed E-state index contributed by atoms with van der Waals surface area (Å²) in [6, 6.07) is 14.1. The Morgan fingerprint density at radius 2 is 1.97 bits per heavy atom. The summed E-state index contributed by atoms with van der Waals surface area (Å²) in [7, 11) is 1.76. The molecule has 1 unspecified atom stereocenters. The van der Waals surface area contributed by atoms with Crippen molar-refractivity contribution in [2.75, 3.05) is 57.8 Å². The van der Waals surface area contributed by atoms with Crippen molar-refractivity contribution in [3.63, 3.8) is 0 Å². The van der Waals surface area contributed by atoms with E-state index in [1.165, 1.54) is 0 Å². The van der Waals surface area contributed by atoms with Crippen LogP contribution in [-0.2, 0) is 14.3 Å². The smallest absolute Gasteiger partial charge is 0.317 e. The van der Waals surface area contributed by atoms with Crippen molar-refractivity contribution >= 4 is 28.3 Å². The first kappa shape index (κ1) is 21.2. The fourth-order valence-electron chi connectivity index (χ4n) is 3.88. The number of amides is 1. The predicted molar refractivity (Wildman–Crippen MR) is 113 cm³/mol. The number of carboxylic acid groups (broad SMARTS) is 1. The molecule has 1 aliphatic heterocycles. The average molecular weight is 399 g/mol. The third kappa shape index (κ3) is 5.53. The molecule has 0 aliphatic carbocycles. The van der Waals surface area contributed by atoms with Gasteiger partial charge in [0.1, 0.15) is 0 Å². The molecule has 3 rings (SSSR count). The van der Waals surface area contributed by atoms with Gasteiger partial charge < -0.3 is 14.7 Å². The Balaban J connectivity index is 1.65.